The number of hydrogen-bond acceptors (Lipinski definition) is 15. The molecule has 4 aliphatic heterocycles. The molecule has 5 aromatic rings. The Labute approximate surface area is 677 Å². The van der Waals surface area contributed by atoms with Crippen molar-refractivity contribution >= 4 is 136 Å². The average molecular weight is 1840 g/mol. The van der Waals surface area contributed by atoms with Crippen molar-refractivity contribution in [3.8, 4) is 0 Å². The van der Waals surface area contributed by atoms with E-state index in [4.69, 9.17) is 10.2 Å². The van der Waals surface area contributed by atoms with Crippen molar-refractivity contribution in [2.24, 2.45) is 26.8 Å². The van der Waals surface area contributed by atoms with Gasteiger partial charge in [-0.05, 0) is 309 Å². The molecule has 5 aromatic carbocycles. The van der Waals surface area contributed by atoms with Crippen molar-refractivity contribution in [3.63, 3.8) is 0 Å². The molecule has 29 heteroatoms. The number of carboxylic acids is 2. The molecule has 0 aromatic heterocycles. The molecule has 0 unspecified atom stereocenters. The number of rotatable bonds is 15. The zero-order valence-corrected chi connectivity index (χ0v) is 71.4. The molecule has 4 spiro atoms. The van der Waals surface area contributed by atoms with Gasteiger partial charge in [-0.2, -0.15) is 0 Å². The molecular formula is C79H105Br3F2N7O13PdS3-. The van der Waals surface area contributed by atoms with Crippen LogP contribution in [0.5, 0.6) is 0 Å². The smallest absolute Gasteiger partial charge is 0.338 e. The summed E-state index contributed by atoms with van der Waals surface area (Å²) in [6.45, 7) is 18.0. The van der Waals surface area contributed by atoms with Crippen molar-refractivity contribution in [2.75, 3.05) is 76.5 Å². The fourth-order valence-electron chi connectivity index (χ4n) is 13.9. The summed E-state index contributed by atoms with van der Waals surface area (Å²) in [7, 11) is -10.1. The third-order valence-electron chi connectivity index (χ3n) is 23.8. The second-order valence-electron chi connectivity index (χ2n) is 32.0. The molecule has 16 rings (SSSR count). The van der Waals surface area contributed by atoms with Gasteiger partial charge >= 0.3 is 11.9 Å². The Bertz CT molecular complexity index is 4300. The third kappa shape index (κ3) is 22.8. The van der Waals surface area contributed by atoms with Crippen LogP contribution in [0.1, 0.15) is 236 Å². The molecule has 7 aliphatic carbocycles. The first-order chi connectivity index (χ1) is 49.7. The minimum atomic E-state index is -3.44. The van der Waals surface area contributed by atoms with Gasteiger partial charge in [-0.25, -0.2) is 48.8 Å². The van der Waals surface area contributed by atoms with Gasteiger partial charge in [0.05, 0.1) is 48.0 Å². The van der Waals surface area contributed by atoms with E-state index in [2.05, 4.69) is 83.3 Å². The number of carbonyl (C=O) groups is 5. The summed E-state index contributed by atoms with van der Waals surface area (Å²) < 4.78 is 102. The van der Waals surface area contributed by atoms with E-state index in [-0.39, 0.29) is 63.3 Å². The Morgan fingerprint density at radius 1 is 0.417 bits per heavy atom. The van der Waals surface area contributed by atoms with E-state index in [1.54, 1.807) is 65.0 Å². The Morgan fingerprint density at radius 3 is 0.972 bits per heavy atom. The number of primary sulfonamides is 1. The number of Topliss-reactive ketones (excluding diaryl/α,β-unsaturated/α-hetero) is 3. The monoisotopic (exact) mass is 1840 g/mol. The SMILES string of the molecule is C1CC2(CCN1)CC2.CC(=O)c1ccc(Br)cc1F.CC(=O)c1ccc(Br)cc1N1CCC2(CC1)CC2.CC(=O)c1ccc(NS(=O)(=O)C2(C)CC2)cc1N1CCC2(CC1)CC2.CC1(S(=O)(=O)Nc2ccc(C(=O)O)c(N3CCC4(CC3)CC4)c2)CC1.CC1(S(N)(=O)=O)CC1.O=C(O)c1ccc(Br)cc1F.[CH3-].[HH].[Pd]. The molecule has 4 heterocycles. The maximum absolute atomic E-state index is 12.9. The van der Waals surface area contributed by atoms with Gasteiger partial charge in [0.25, 0.3) is 0 Å². The van der Waals surface area contributed by atoms with Crippen molar-refractivity contribution in [1.82, 2.24) is 5.32 Å². The molecule has 20 nitrogen and oxygen atoms in total. The van der Waals surface area contributed by atoms with Crippen LogP contribution >= 0.6 is 47.8 Å². The van der Waals surface area contributed by atoms with E-state index in [9.17, 15) is 63.1 Å². The first-order valence-electron chi connectivity index (χ1n) is 36.7. The Kier molecular flexibility index (Phi) is 28.7. The van der Waals surface area contributed by atoms with Crippen LogP contribution in [0.2, 0.25) is 0 Å². The molecule has 108 heavy (non-hydrogen) atoms. The van der Waals surface area contributed by atoms with E-state index in [0.29, 0.717) is 73.5 Å². The molecule has 0 radical (unpaired) electrons. The first kappa shape index (κ1) is 88.3. The molecule has 7 saturated carbocycles. The van der Waals surface area contributed by atoms with Gasteiger partial charge in [0.2, 0.25) is 30.1 Å². The molecule has 11 aliphatic rings. The zero-order chi connectivity index (χ0) is 77.2. The van der Waals surface area contributed by atoms with E-state index < -0.39 is 67.9 Å². The number of ketones is 3. The number of hydrogen-bond donors (Lipinski definition) is 6. The van der Waals surface area contributed by atoms with Gasteiger partial charge < -0.3 is 37.7 Å². The van der Waals surface area contributed by atoms with E-state index in [1.165, 1.54) is 140 Å². The van der Waals surface area contributed by atoms with Crippen LogP contribution in [-0.2, 0) is 50.5 Å². The first-order valence-corrected chi connectivity index (χ1v) is 43.6. The van der Waals surface area contributed by atoms with Crippen molar-refractivity contribution in [1.29, 1.82) is 0 Å². The van der Waals surface area contributed by atoms with Gasteiger partial charge in [0.1, 0.15) is 11.6 Å². The normalized spacial score (nSPS) is 20.6. The number of nitrogens with zero attached hydrogens (tertiary/aromatic N) is 3. The fraction of sp³-hybridized carbons (Fsp3) is 0.544. The number of anilines is 5. The van der Waals surface area contributed by atoms with Crippen molar-refractivity contribution in [3.05, 3.63) is 151 Å². The summed E-state index contributed by atoms with van der Waals surface area (Å²) in [5.41, 5.74) is 7.77. The molecule has 7 N–H and O–H groups in total. The third-order valence-corrected chi connectivity index (χ3v) is 31.4. The van der Waals surface area contributed by atoms with Crippen molar-refractivity contribution < 1.29 is 90.1 Å². The van der Waals surface area contributed by atoms with Crippen LogP contribution in [0.25, 0.3) is 0 Å². The standard InChI is InChI=1S/C19H26N2O3S.C18H24N2O4S.C15H18BrNO.C8H6BrFO.C7H4BrFO2.C7H13N.C4H9NO2S.CH3.Pd.H2/c1-14(22)16-4-3-15(20-25(23,24)18(2)5-6-18)13-17(16)21-11-9-19(7-8-19)10-12-21;1-17(4-5-17)25(23,24)19-13-2-3-14(16(21)22)15(12-13)20-10-8-18(6-7-18)9-11-20;1-11(18)13-3-2-12(16)10-14(13)17-8-6-15(4-5-15)7-9-17;1-5(11)7-3-2-6(9)4-8(7)10;8-4-1-2-5(7(10)11)6(9)3-4;1-2-7(1)3-5-8-6-4-7;1-4(2-3-4)8(5,6)7;;;/h3-4,13,20H,5-12H2,1-2H3;2-3,12,19H,4-11H2,1H3,(H,21,22);2-3,10H,4-9H2,1H3;2-4H,1H3;1-3H,(H,10,11);8H,1-6H2;2-3H2,1H3,(H2,5,6,7);1H3;;1H/q;;;;;;;-1;;. The maximum Gasteiger partial charge on any atom is 0.338 e. The summed E-state index contributed by atoms with van der Waals surface area (Å²) in [6.07, 6.45) is 25.3. The Hall–Kier alpha value is -5.22. The fourth-order valence-corrected chi connectivity index (χ4v) is 18.3. The van der Waals surface area contributed by atoms with Crippen LogP contribution in [0.15, 0.2) is 104 Å². The van der Waals surface area contributed by atoms with Gasteiger partial charge in [-0.1, -0.05) is 47.8 Å². The van der Waals surface area contributed by atoms with Gasteiger partial charge in [0.15, 0.2) is 17.3 Å². The molecule has 11 fully saturated rings. The quantitative estimate of drug-likeness (QED) is 0.0322. The van der Waals surface area contributed by atoms with E-state index in [1.807, 2.05) is 18.2 Å². The topological polar surface area (TPSA) is 300 Å². The Morgan fingerprint density at radius 2 is 0.694 bits per heavy atom. The van der Waals surface area contributed by atoms with E-state index in [0.717, 1.165) is 97.8 Å². The average Bonchev–Trinajstić information content (AvgIpc) is 1.57. The van der Waals surface area contributed by atoms with E-state index >= 15 is 0 Å². The predicted molar refractivity (Wildman–Crippen MR) is 432 cm³/mol. The molecule has 598 valence electrons. The molecule has 0 atom stereocenters. The summed E-state index contributed by atoms with van der Waals surface area (Å²) in [5.74, 6) is -3.52. The van der Waals surface area contributed by atoms with Crippen molar-refractivity contribution in [2.45, 2.75) is 197 Å². The number of sulfonamides is 3. The van der Waals surface area contributed by atoms with Gasteiger partial charge in [-0.3, -0.25) is 23.8 Å². The molecular weight excluding hydrogens is 1740 g/mol. The second-order valence-corrected chi connectivity index (χ2v) is 41.2. The number of nitrogens with two attached hydrogens (primary N) is 1. The number of aromatic carboxylic acids is 2. The number of carbonyl (C=O) groups excluding carboxylic acids is 3. The summed E-state index contributed by atoms with van der Waals surface area (Å²) in [6, 6.07) is 24.2. The maximum atomic E-state index is 12.9. The van der Waals surface area contributed by atoms with Crippen LogP contribution < -0.4 is 34.6 Å². The largest absolute Gasteiger partial charge is 0.478 e. The molecule has 0 bridgehead atoms. The number of piperidine rings is 4. The summed E-state index contributed by atoms with van der Waals surface area (Å²) in [4.78, 5) is 63.1. The summed E-state index contributed by atoms with van der Waals surface area (Å²) in [5, 5.41) is 26.1. The van der Waals surface area contributed by atoms with Crippen LogP contribution in [-0.4, -0.2) is 131 Å². The minimum Gasteiger partial charge on any atom is -0.478 e. The molecule has 4 saturated heterocycles. The van der Waals surface area contributed by atoms with Gasteiger partial charge in [0, 0.05) is 97.0 Å². The van der Waals surface area contributed by atoms with Gasteiger partial charge in [-0.15, -0.1) is 0 Å². The Balaban J connectivity index is 0.000000184. The number of carboxylic acid groups (broad SMARTS) is 2. The summed E-state index contributed by atoms with van der Waals surface area (Å²) >= 11 is 9.62. The van der Waals surface area contributed by atoms with Crippen LogP contribution in [0.4, 0.5) is 37.2 Å². The minimum absolute atomic E-state index is 0. The number of halogens is 5. The van der Waals surface area contributed by atoms with Crippen LogP contribution in [0.3, 0.4) is 0 Å². The number of nitrogens with one attached hydrogen (secondary N) is 3. The predicted octanol–water partition coefficient (Wildman–Crippen LogP) is 17.4. The number of benzene rings is 5. The molecule has 0 amide bonds. The van der Waals surface area contributed by atoms with Crippen LogP contribution in [0, 0.1) is 40.7 Å². The second kappa shape index (κ2) is 35.0. The zero-order valence-electron chi connectivity index (χ0n) is 62.6.